The van der Waals surface area contributed by atoms with Gasteiger partial charge in [-0.15, -0.1) is 5.10 Å². The van der Waals surface area contributed by atoms with Gasteiger partial charge in [0.25, 0.3) is 0 Å². The maximum atomic E-state index is 12.8. The molecule has 31 heavy (non-hydrogen) atoms. The monoisotopic (exact) mass is 470 g/mol. The van der Waals surface area contributed by atoms with E-state index in [-0.39, 0.29) is 5.69 Å². The molecule has 0 saturated carbocycles. The minimum atomic E-state index is -4.58. The van der Waals surface area contributed by atoms with E-state index < -0.39 is 22.8 Å². The first-order chi connectivity index (χ1) is 14.6. The summed E-state index contributed by atoms with van der Waals surface area (Å²) < 4.78 is 39.9. The van der Waals surface area contributed by atoms with Crippen LogP contribution < -0.4 is 10.7 Å². The average molecular weight is 471 g/mol. The second-order valence-electron chi connectivity index (χ2n) is 6.37. The lowest BCUT2D eigenvalue weighted by Gasteiger charge is -2.11. The lowest BCUT2D eigenvalue weighted by molar-refractivity contribution is -0.137. The summed E-state index contributed by atoms with van der Waals surface area (Å²) in [7, 11) is 0. The first kappa shape index (κ1) is 22.6. The van der Waals surface area contributed by atoms with E-state index in [0.29, 0.717) is 22.1 Å². The molecular formula is C19H15Cl2F3N6O. The molecule has 0 aliphatic rings. The Morgan fingerprint density at radius 3 is 2.42 bits per heavy atom. The smallest absolute Gasteiger partial charge is 0.306 e. The third kappa shape index (κ3) is 5.33. The molecule has 0 aliphatic heterocycles. The van der Waals surface area contributed by atoms with E-state index in [1.54, 1.807) is 42.8 Å². The van der Waals surface area contributed by atoms with Crippen LogP contribution in [0.15, 0.2) is 47.6 Å². The van der Waals surface area contributed by atoms with Gasteiger partial charge in [0.2, 0.25) is 0 Å². The zero-order valence-electron chi connectivity index (χ0n) is 16.1. The highest BCUT2D eigenvalue weighted by molar-refractivity contribution is 6.31. The van der Waals surface area contributed by atoms with Crippen LogP contribution in [0.4, 0.5) is 23.7 Å². The van der Waals surface area contributed by atoms with Crippen LogP contribution in [0.2, 0.25) is 10.0 Å². The van der Waals surface area contributed by atoms with Crippen LogP contribution in [-0.4, -0.2) is 26.7 Å². The third-order valence-corrected chi connectivity index (χ3v) is 4.73. The second kappa shape index (κ2) is 8.94. The molecule has 1 heterocycles. The van der Waals surface area contributed by atoms with Crippen LogP contribution in [0.25, 0.3) is 5.69 Å². The van der Waals surface area contributed by atoms with Crippen molar-refractivity contribution in [3.63, 3.8) is 0 Å². The molecule has 0 bridgehead atoms. The minimum Gasteiger partial charge on any atom is -0.306 e. The molecule has 2 aromatic carbocycles. The number of hydrazone groups is 1. The molecule has 0 spiro atoms. The highest BCUT2D eigenvalue weighted by Crippen LogP contribution is 2.35. The molecule has 3 rings (SSSR count). The fourth-order valence-electron chi connectivity index (χ4n) is 2.66. The SMILES string of the molecule is C/C(=N\NC(=O)Nc1ccc(C(F)(F)F)c(Cl)c1)c1nnn(-c2ccc(Cl)cc2)c1C. The second-order valence-corrected chi connectivity index (χ2v) is 7.21. The molecule has 0 fully saturated rings. The Bertz CT molecular complexity index is 1140. The molecule has 0 aliphatic carbocycles. The number of amides is 2. The van der Waals surface area contributed by atoms with Gasteiger partial charge in [-0.1, -0.05) is 28.4 Å². The van der Waals surface area contributed by atoms with Crippen LogP contribution in [-0.2, 0) is 6.18 Å². The van der Waals surface area contributed by atoms with E-state index in [0.717, 1.165) is 23.9 Å². The van der Waals surface area contributed by atoms with Crippen molar-refractivity contribution in [3.8, 4) is 5.69 Å². The number of halogens is 5. The van der Waals surface area contributed by atoms with Gasteiger partial charge < -0.3 is 5.32 Å². The number of nitrogens with zero attached hydrogens (tertiary/aromatic N) is 4. The van der Waals surface area contributed by atoms with Gasteiger partial charge in [-0.2, -0.15) is 18.3 Å². The third-order valence-electron chi connectivity index (χ3n) is 4.17. The summed E-state index contributed by atoms with van der Waals surface area (Å²) in [6.07, 6.45) is -4.58. The van der Waals surface area contributed by atoms with Crippen LogP contribution in [0.5, 0.6) is 0 Å². The number of hydrogen-bond donors (Lipinski definition) is 2. The Morgan fingerprint density at radius 1 is 1.13 bits per heavy atom. The summed E-state index contributed by atoms with van der Waals surface area (Å²) in [5, 5.41) is 14.5. The number of alkyl halides is 3. The van der Waals surface area contributed by atoms with Gasteiger partial charge in [-0.3, -0.25) is 0 Å². The van der Waals surface area contributed by atoms with E-state index in [9.17, 15) is 18.0 Å². The Labute approximate surface area is 184 Å². The number of anilines is 1. The Morgan fingerprint density at radius 2 is 1.81 bits per heavy atom. The molecular weight excluding hydrogens is 456 g/mol. The van der Waals surface area contributed by atoms with Crippen molar-refractivity contribution < 1.29 is 18.0 Å². The van der Waals surface area contributed by atoms with Crippen molar-refractivity contribution in [2.24, 2.45) is 5.10 Å². The summed E-state index contributed by atoms with van der Waals surface area (Å²) in [4.78, 5) is 12.0. The van der Waals surface area contributed by atoms with E-state index >= 15 is 0 Å². The van der Waals surface area contributed by atoms with Gasteiger partial charge >= 0.3 is 12.2 Å². The molecule has 7 nitrogen and oxygen atoms in total. The molecule has 2 N–H and O–H groups in total. The summed E-state index contributed by atoms with van der Waals surface area (Å²) in [5.41, 5.74) is 3.59. The first-order valence-electron chi connectivity index (χ1n) is 8.73. The maximum absolute atomic E-state index is 12.8. The van der Waals surface area contributed by atoms with E-state index in [1.807, 2.05) is 0 Å². The number of carbonyl (C=O) groups excluding carboxylic acids is 1. The Balaban J connectivity index is 1.69. The molecule has 0 unspecified atom stereocenters. The zero-order chi connectivity index (χ0) is 22.8. The standard InChI is InChI=1S/C19H15Cl2F3N6O/c1-10(17-11(2)30(29-27-17)14-6-3-12(20)4-7-14)26-28-18(31)25-13-5-8-15(16(21)9-13)19(22,23)24/h3-9H,1-2H3,(H2,25,28,31)/b26-10+. The molecule has 162 valence electrons. The van der Waals surface area contributed by atoms with Crippen molar-refractivity contribution in [2.75, 3.05) is 5.32 Å². The Hall–Kier alpha value is -3.11. The molecule has 0 saturated heterocycles. The van der Waals surface area contributed by atoms with Gasteiger partial charge in [-0.05, 0) is 56.3 Å². The summed E-state index contributed by atoms with van der Waals surface area (Å²) in [6.45, 7) is 3.41. The fourth-order valence-corrected chi connectivity index (χ4v) is 3.07. The number of hydrogen-bond acceptors (Lipinski definition) is 4. The van der Waals surface area contributed by atoms with Gasteiger partial charge in [0.1, 0.15) is 5.69 Å². The molecule has 12 heteroatoms. The molecule has 1 aromatic heterocycles. The predicted octanol–water partition coefficient (Wildman–Crippen LogP) is 5.45. The van der Waals surface area contributed by atoms with Gasteiger partial charge in [0.15, 0.2) is 0 Å². The number of rotatable bonds is 4. The average Bonchev–Trinajstić information content (AvgIpc) is 3.07. The van der Waals surface area contributed by atoms with Gasteiger partial charge in [0.05, 0.1) is 27.7 Å². The van der Waals surface area contributed by atoms with Gasteiger partial charge in [0, 0.05) is 10.7 Å². The molecule has 0 radical (unpaired) electrons. The zero-order valence-corrected chi connectivity index (χ0v) is 17.6. The summed E-state index contributed by atoms with van der Waals surface area (Å²) >= 11 is 11.5. The van der Waals surface area contributed by atoms with Crippen molar-refractivity contribution in [3.05, 3.63) is 69.5 Å². The molecule has 3 aromatic rings. The largest absolute Gasteiger partial charge is 0.417 e. The summed E-state index contributed by atoms with van der Waals surface area (Å²) in [5.74, 6) is 0. The van der Waals surface area contributed by atoms with Crippen LogP contribution in [0.1, 0.15) is 23.9 Å². The van der Waals surface area contributed by atoms with E-state index in [1.165, 1.54) is 0 Å². The number of urea groups is 1. The van der Waals surface area contributed by atoms with Crippen LogP contribution >= 0.6 is 23.2 Å². The van der Waals surface area contributed by atoms with Crippen LogP contribution in [0, 0.1) is 6.92 Å². The van der Waals surface area contributed by atoms with Crippen molar-refractivity contribution in [2.45, 2.75) is 20.0 Å². The minimum absolute atomic E-state index is 0.0771. The van der Waals surface area contributed by atoms with Crippen molar-refractivity contribution in [1.82, 2.24) is 20.4 Å². The quantitative estimate of drug-likeness (QED) is 0.392. The van der Waals surface area contributed by atoms with E-state index in [2.05, 4.69) is 26.2 Å². The summed E-state index contributed by atoms with van der Waals surface area (Å²) in [6, 6.07) is 9.11. The Kier molecular flexibility index (Phi) is 6.51. The lowest BCUT2D eigenvalue weighted by Crippen LogP contribution is -2.25. The highest BCUT2D eigenvalue weighted by atomic mass is 35.5. The normalized spacial score (nSPS) is 12.0. The molecule has 0 atom stereocenters. The van der Waals surface area contributed by atoms with E-state index in [4.69, 9.17) is 23.2 Å². The number of benzene rings is 2. The highest BCUT2D eigenvalue weighted by Gasteiger charge is 2.33. The van der Waals surface area contributed by atoms with Crippen LogP contribution in [0.3, 0.4) is 0 Å². The number of nitrogens with one attached hydrogen (secondary N) is 2. The first-order valence-corrected chi connectivity index (χ1v) is 9.48. The lowest BCUT2D eigenvalue weighted by atomic mass is 10.2. The molecule has 2 amide bonds. The maximum Gasteiger partial charge on any atom is 0.417 e. The van der Waals surface area contributed by atoms with Crippen molar-refractivity contribution in [1.29, 1.82) is 0 Å². The number of carbonyl (C=O) groups is 1. The topological polar surface area (TPSA) is 84.2 Å². The predicted molar refractivity (Wildman–Crippen MR) is 112 cm³/mol. The van der Waals surface area contributed by atoms with Gasteiger partial charge in [-0.25, -0.2) is 14.9 Å². The van der Waals surface area contributed by atoms with Crippen molar-refractivity contribution >= 4 is 40.6 Å². The number of aromatic nitrogens is 3. The fraction of sp³-hybridized carbons (Fsp3) is 0.158.